The Hall–Kier alpha value is -1.96. The summed E-state index contributed by atoms with van der Waals surface area (Å²) in [5.74, 6) is -0.276. The maximum Gasteiger partial charge on any atom is 0.185 e. The van der Waals surface area contributed by atoms with E-state index in [4.69, 9.17) is 0 Å². The van der Waals surface area contributed by atoms with E-state index in [1.54, 1.807) is 0 Å². The average molecular weight is 423 g/mol. The molecule has 2 heteroatoms. The van der Waals surface area contributed by atoms with Crippen LogP contribution >= 0.6 is 0 Å². The molecule has 0 radical (unpaired) electrons. The molecule has 0 N–H and O–H groups in total. The number of hydrogen-bond acceptors (Lipinski definition) is 2. The quantitative estimate of drug-likeness (QED) is 0.460. The van der Waals surface area contributed by atoms with E-state index in [-0.39, 0.29) is 33.2 Å². The molecule has 1 aliphatic rings. The number of hydrogen-bond donors (Lipinski definition) is 0. The molecule has 31 heavy (non-hydrogen) atoms. The number of carbonyl (C=O) groups excluding carboxylic acids is 2. The fourth-order valence-electron chi connectivity index (χ4n) is 4.27. The third-order valence-electron chi connectivity index (χ3n) is 6.03. The van der Waals surface area contributed by atoms with Gasteiger partial charge in [0.15, 0.2) is 11.6 Å². The Kier molecular flexibility index (Phi) is 6.42. The molecule has 2 nitrogen and oxygen atoms in total. The number of Topliss-reactive ketones (excluding diaryl/α,β-unsaturated/α-hetero) is 2. The first-order valence-electron chi connectivity index (χ1n) is 11.4. The largest absolute Gasteiger partial charge is 0.293 e. The van der Waals surface area contributed by atoms with Crippen molar-refractivity contribution in [3.63, 3.8) is 0 Å². The molecule has 2 rings (SSSR count). The summed E-state index contributed by atoms with van der Waals surface area (Å²) >= 11 is 0. The molecule has 1 aliphatic carbocycles. The standard InChI is InChI=1S/C29H42O2/c1-26(2,3)19-14-13-15-20(27(4,5)6)23(19)24(30)18-16-21(28(7,8)9)25(31)22(17-18)29(10,11)12/h13-18H,1-12H3. The van der Waals surface area contributed by atoms with Crippen LogP contribution in [0.1, 0.15) is 105 Å². The Morgan fingerprint density at radius 3 is 1.29 bits per heavy atom. The monoisotopic (exact) mass is 422 g/mol. The van der Waals surface area contributed by atoms with Crippen molar-refractivity contribution in [3.05, 3.63) is 58.2 Å². The second kappa shape index (κ2) is 7.87. The van der Waals surface area contributed by atoms with Gasteiger partial charge in [0.2, 0.25) is 0 Å². The van der Waals surface area contributed by atoms with Gasteiger partial charge in [-0.1, -0.05) is 113 Å². The molecule has 0 bridgehead atoms. The van der Waals surface area contributed by atoms with Gasteiger partial charge in [-0.2, -0.15) is 0 Å². The second-order valence-corrected chi connectivity index (χ2v) is 13.1. The fourth-order valence-corrected chi connectivity index (χ4v) is 4.27. The molecular formula is C29H42O2. The van der Waals surface area contributed by atoms with Crippen molar-refractivity contribution >= 4 is 11.6 Å². The van der Waals surface area contributed by atoms with Gasteiger partial charge in [0.1, 0.15) is 0 Å². The maximum atomic E-state index is 14.2. The summed E-state index contributed by atoms with van der Waals surface area (Å²) in [6.07, 6.45) is 3.84. The number of rotatable bonds is 2. The molecule has 0 atom stereocenters. The topological polar surface area (TPSA) is 34.1 Å². The predicted molar refractivity (Wildman–Crippen MR) is 132 cm³/mol. The smallest absolute Gasteiger partial charge is 0.185 e. The summed E-state index contributed by atoms with van der Waals surface area (Å²) < 4.78 is 0. The highest BCUT2D eigenvalue weighted by atomic mass is 16.1. The fraction of sp³-hybridized carbons (Fsp3) is 0.586. The van der Waals surface area contributed by atoms with Crippen LogP contribution in [0.2, 0.25) is 0 Å². The minimum absolute atomic E-state index is 0.0733. The number of benzene rings is 1. The lowest BCUT2D eigenvalue weighted by atomic mass is 9.68. The van der Waals surface area contributed by atoms with E-state index in [1.807, 2.05) is 53.7 Å². The molecule has 0 aromatic heterocycles. The Bertz CT molecular complexity index is 876. The molecule has 0 unspecified atom stereocenters. The minimum atomic E-state index is -0.439. The van der Waals surface area contributed by atoms with E-state index in [2.05, 4.69) is 59.7 Å². The minimum Gasteiger partial charge on any atom is -0.293 e. The Balaban J connectivity index is 2.82. The predicted octanol–water partition coefficient (Wildman–Crippen LogP) is 7.61. The van der Waals surface area contributed by atoms with Crippen LogP contribution in [0, 0.1) is 16.7 Å². The Labute approximate surface area is 190 Å². The molecule has 1 aromatic rings. The van der Waals surface area contributed by atoms with Crippen LogP contribution in [0.15, 0.2) is 41.5 Å². The van der Waals surface area contributed by atoms with Gasteiger partial charge in [-0.3, -0.25) is 9.59 Å². The van der Waals surface area contributed by atoms with E-state index < -0.39 is 5.92 Å². The first kappa shape index (κ1) is 25.3. The SMILES string of the molecule is CC(C)(C)C1=CC(C(=O)c2c(C(C)(C)C)cccc2C(C)(C)C)C=C(C(C)(C)C)C1=O. The van der Waals surface area contributed by atoms with E-state index in [0.717, 1.165) is 27.8 Å². The molecule has 0 heterocycles. The van der Waals surface area contributed by atoms with E-state index in [0.29, 0.717) is 0 Å². The lowest BCUT2D eigenvalue weighted by molar-refractivity contribution is -0.114. The molecule has 0 saturated heterocycles. The van der Waals surface area contributed by atoms with Crippen molar-refractivity contribution in [2.75, 3.05) is 0 Å². The van der Waals surface area contributed by atoms with E-state index >= 15 is 0 Å². The summed E-state index contributed by atoms with van der Waals surface area (Å²) in [5.41, 5.74) is 3.46. The van der Waals surface area contributed by atoms with Gasteiger partial charge in [-0.05, 0) is 32.8 Å². The maximum absolute atomic E-state index is 14.2. The zero-order valence-corrected chi connectivity index (χ0v) is 21.8. The van der Waals surface area contributed by atoms with E-state index in [9.17, 15) is 9.59 Å². The number of ketones is 2. The first-order chi connectivity index (χ1) is 13.8. The summed E-state index contributed by atoms with van der Waals surface area (Å²) in [5, 5.41) is 0. The molecule has 0 saturated carbocycles. The normalized spacial score (nSPS) is 16.8. The van der Waals surface area contributed by atoms with Crippen molar-refractivity contribution < 1.29 is 9.59 Å². The van der Waals surface area contributed by atoms with E-state index in [1.165, 1.54) is 0 Å². The van der Waals surface area contributed by atoms with Crippen molar-refractivity contribution in [1.82, 2.24) is 0 Å². The molecule has 1 aromatic carbocycles. The molecule has 170 valence electrons. The van der Waals surface area contributed by atoms with Crippen molar-refractivity contribution in [3.8, 4) is 0 Å². The van der Waals surface area contributed by atoms with Crippen molar-refractivity contribution in [1.29, 1.82) is 0 Å². The van der Waals surface area contributed by atoms with Gasteiger partial charge in [-0.15, -0.1) is 0 Å². The van der Waals surface area contributed by atoms with Crippen molar-refractivity contribution in [2.45, 2.75) is 93.9 Å². The average Bonchev–Trinajstić information content (AvgIpc) is 2.57. The summed E-state index contributed by atoms with van der Waals surface area (Å²) in [4.78, 5) is 27.5. The van der Waals surface area contributed by atoms with Crippen LogP contribution in [0.25, 0.3) is 0 Å². The lowest BCUT2D eigenvalue weighted by Crippen LogP contribution is -2.32. The highest BCUT2D eigenvalue weighted by molar-refractivity contribution is 6.13. The Morgan fingerprint density at radius 1 is 0.645 bits per heavy atom. The third kappa shape index (κ3) is 5.27. The van der Waals surface area contributed by atoms with Crippen LogP contribution in [0.4, 0.5) is 0 Å². The molecule has 0 aliphatic heterocycles. The molecule has 0 fully saturated rings. The number of carbonyl (C=O) groups is 2. The van der Waals surface area contributed by atoms with Gasteiger partial charge < -0.3 is 0 Å². The van der Waals surface area contributed by atoms with Gasteiger partial charge in [-0.25, -0.2) is 0 Å². The lowest BCUT2D eigenvalue weighted by Gasteiger charge is -2.34. The highest BCUT2D eigenvalue weighted by Gasteiger charge is 2.38. The second-order valence-electron chi connectivity index (χ2n) is 13.1. The van der Waals surface area contributed by atoms with Crippen LogP contribution in [-0.4, -0.2) is 11.6 Å². The van der Waals surface area contributed by atoms with Crippen LogP contribution < -0.4 is 0 Å². The first-order valence-corrected chi connectivity index (χ1v) is 11.4. The summed E-state index contributed by atoms with van der Waals surface area (Å²) in [6.45, 7) is 25.2. The van der Waals surface area contributed by atoms with Gasteiger partial charge >= 0.3 is 0 Å². The highest BCUT2D eigenvalue weighted by Crippen LogP contribution is 2.41. The number of allylic oxidation sites excluding steroid dienone is 4. The van der Waals surface area contributed by atoms with Crippen LogP contribution in [0.3, 0.4) is 0 Å². The van der Waals surface area contributed by atoms with Gasteiger partial charge in [0, 0.05) is 16.7 Å². The molecule has 0 amide bonds. The third-order valence-corrected chi connectivity index (χ3v) is 6.03. The van der Waals surface area contributed by atoms with Crippen LogP contribution in [-0.2, 0) is 15.6 Å². The summed E-state index contributed by atoms with van der Waals surface area (Å²) in [6, 6.07) is 6.23. The van der Waals surface area contributed by atoms with Crippen LogP contribution in [0.5, 0.6) is 0 Å². The van der Waals surface area contributed by atoms with Gasteiger partial charge in [0.25, 0.3) is 0 Å². The summed E-state index contributed by atoms with van der Waals surface area (Å²) in [7, 11) is 0. The zero-order valence-electron chi connectivity index (χ0n) is 21.8. The molecular weight excluding hydrogens is 380 g/mol. The van der Waals surface area contributed by atoms with Gasteiger partial charge in [0.05, 0.1) is 5.92 Å². The van der Waals surface area contributed by atoms with Crippen molar-refractivity contribution in [2.24, 2.45) is 16.7 Å². The molecule has 0 spiro atoms. The zero-order chi connectivity index (χ0) is 24.2. The Morgan fingerprint density at radius 2 is 1.00 bits per heavy atom.